The molecular weight excluding hydrogens is 400 g/mol. The first kappa shape index (κ1) is 21.6. The number of amides is 3. The van der Waals surface area contributed by atoms with Crippen LogP contribution in [0.25, 0.3) is 0 Å². The average Bonchev–Trinajstić information content (AvgIpc) is 3.10. The van der Waals surface area contributed by atoms with E-state index in [1.54, 1.807) is 19.1 Å². The highest BCUT2D eigenvalue weighted by Crippen LogP contribution is 2.25. The van der Waals surface area contributed by atoms with E-state index in [4.69, 9.17) is 0 Å². The zero-order valence-corrected chi connectivity index (χ0v) is 17.7. The summed E-state index contributed by atoms with van der Waals surface area (Å²) in [6, 6.07) is 16.5. The molecule has 2 N–H and O–H groups in total. The van der Waals surface area contributed by atoms with Gasteiger partial charge in [0.25, 0.3) is 5.91 Å². The Balaban J connectivity index is 1.55. The number of hydrogen-bond acceptors (Lipinski definition) is 5. The lowest BCUT2D eigenvalue weighted by atomic mass is 10.3. The van der Waals surface area contributed by atoms with E-state index >= 15 is 0 Å². The molecule has 30 heavy (non-hydrogen) atoms. The molecule has 3 rings (SSSR count). The minimum absolute atomic E-state index is 0.0120. The molecule has 7 nitrogen and oxygen atoms in total. The van der Waals surface area contributed by atoms with Crippen LogP contribution >= 0.6 is 11.8 Å². The van der Waals surface area contributed by atoms with Crippen LogP contribution in [-0.4, -0.2) is 28.8 Å². The minimum atomic E-state index is -0.380. The van der Waals surface area contributed by atoms with Gasteiger partial charge in [-0.25, -0.2) is 0 Å². The van der Waals surface area contributed by atoms with E-state index in [2.05, 4.69) is 15.7 Å². The second-order valence-electron chi connectivity index (χ2n) is 6.84. The number of anilines is 2. The molecule has 3 amide bonds. The smallest absolute Gasteiger partial charge is 0.255 e. The molecule has 1 aliphatic heterocycles. The first-order valence-electron chi connectivity index (χ1n) is 9.79. The van der Waals surface area contributed by atoms with Crippen molar-refractivity contribution in [3.05, 3.63) is 54.6 Å². The van der Waals surface area contributed by atoms with Gasteiger partial charge in [-0.15, -0.1) is 11.8 Å². The molecule has 8 heteroatoms. The van der Waals surface area contributed by atoms with Crippen molar-refractivity contribution in [2.24, 2.45) is 5.10 Å². The van der Waals surface area contributed by atoms with Crippen molar-refractivity contribution in [2.75, 3.05) is 10.3 Å². The molecule has 0 aliphatic carbocycles. The lowest BCUT2D eigenvalue weighted by molar-refractivity contribution is -0.119. The molecule has 1 heterocycles. The van der Waals surface area contributed by atoms with E-state index in [1.807, 2.05) is 49.4 Å². The third kappa shape index (κ3) is 5.70. The second-order valence-corrected chi connectivity index (χ2v) is 8.25. The molecule has 156 valence electrons. The number of nitrogens with one attached hydrogen (secondary N) is 2. The predicted octanol–water partition coefficient (Wildman–Crippen LogP) is 3.77. The van der Waals surface area contributed by atoms with E-state index in [0.29, 0.717) is 17.9 Å². The number of thioether (sulfide) groups is 1. The molecule has 0 radical (unpaired) electrons. The largest absolute Gasteiger partial charge is 0.326 e. The van der Waals surface area contributed by atoms with E-state index in [-0.39, 0.29) is 29.4 Å². The molecule has 0 fully saturated rings. The summed E-state index contributed by atoms with van der Waals surface area (Å²) in [6.45, 7) is 3.75. The molecule has 1 unspecified atom stereocenters. The Morgan fingerprint density at radius 1 is 1.10 bits per heavy atom. The van der Waals surface area contributed by atoms with Crippen molar-refractivity contribution in [1.82, 2.24) is 5.32 Å². The Labute approximate surface area is 179 Å². The number of rotatable bonds is 7. The molecule has 0 saturated carbocycles. The number of amidine groups is 1. The number of benzene rings is 2. The fourth-order valence-electron chi connectivity index (χ4n) is 2.84. The Kier molecular flexibility index (Phi) is 7.24. The molecule has 0 aromatic heterocycles. The molecule has 0 spiro atoms. The van der Waals surface area contributed by atoms with Gasteiger partial charge in [0.1, 0.15) is 5.84 Å². The van der Waals surface area contributed by atoms with Crippen LogP contribution in [0.4, 0.5) is 11.4 Å². The SMILES string of the molecule is CCCC(=O)Nc1ccc(SC(C)C(=O)NC2=NN(c3ccccc3)C(=O)C2)cc1. The average molecular weight is 425 g/mol. The van der Waals surface area contributed by atoms with Gasteiger partial charge < -0.3 is 10.6 Å². The number of hydrazone groups is 1. The second kappa shape index (κ2) is 10.1. The zero-order valence-electron chi connectivity index (χ0n) is 16.9. The lowest BCUT2D eigenvalue weighted by Crippen LogP contribution is -2.35. The van der Waals surface area contributed by atoms with Gasteiger partial charge in [-0.05, 0) is 49.7 Å². The quantitative estimate of drug-likeness (QED) is 0.662. The molecule has 0 saturated heterocycles. The van der Waals surface area contributed by atoms with Crippen LogP contribution in [0.1, 0.15) is 33.1 Å². The Bertz CT molecular complexity index is 945. The highest BCUT2D eigenvalue weighted by molar-refractivity contribution is 8.00. The monoisotopic (exact) mass is 424 g/mol. The summed E-state index contributed by atoms with van der Waals surface area (Å²) < 4.78 is 0. The van der Waals surface area contributed by atoms with Crippen molar-refractivity contribution in [3.8, 4) is 0 Å². The molecule has 2 aromatic rings. The standard InChI is InChI=1S/C22H24N4O3S/c1-3-7-20(27)23-16-10-12-18(13-11-16)30-15(2)22(29)24-19-14-21(28)26(25-19)17-8-5-4-6-9-17/h4-6,8-13,15H,3,7,14H2,1-2H3,(H,23,27)(H,24,25,29). The maximum Gasteiger partial charge on any atom is 0.255 e. The first-order chi connectivity index (χ1) is 14.5. The molecule has 2 aromatic carbocycles. The maximum atomic E-state index is 12.5. The molecule has 0 bridgehead atoms. The van der Waals surface area contributed by atoms with Crippen molar-refractivity contribution >= 4 is 46.7 Å². The molecule has 1 atom stereocenters. The van der Waals surface area contributed by atoms with Crippen molar-refractivity contribution in [2.45, 2.75) is 43.3 Å². The highest BCUT2D eigenvalue weighted by Gasteiger charge is 2.27. The van der Waals surface area contributed by atoms with Gasteiger partial charge in [-0.1, -0.05) is 25.1 Å². The number of para-hydroxylation sites is 1. The van der Waals surface area contributed by atoms with Crippen LogP contribution in [0.2, 0.25) is 0 Å². The van der Waals surface area contributed by atoms with Gasteiger partial charge in [0.2, 0.25) is 11.8 Å². The van der Waals surface area contributed by atoms with Crippen LogP contribution in [0.5, 0.6) is 0 Å². The van der Waals surface area contributed by atoms with E-state index < -0.39 is 0 Å². The van der Waals surface area contributed by atoms with E-state index in [1.165, 1.54) is 16.8 Å². The van der Waals surface area contributed by atoms with Gasteiger partial charge in [-0.3, -0.25) is 14.4 Å². The normalized spacial score (nSPS) is 14.3. The number of carbonyl (C=O) groups excluding carboxylic acids is 3. The predicted molar refractivity (Wildman–Crippen MR) is 119 cm³/mol. The fourth-order valence-corrected chi connectivity index (χ4v) is 3.71. The van der Waals surface area contributed by atoms with Crippen LogP contribution in [-0.2, 0) is 14.4 Å². The maximum absolute atomic E-state index is 12.5. The Hall–Kier alpha value is -3.13. The summed E-state index contributed by atoms with van der Waals surface area (Å²) in [4.78, 5) is 37.3. The summed E-state index contributed by atoms with van der Waals surface area (Å²) in [5, 5.41) is 10.8. The summed E-state index contributed by atoms with van der Waals surface area (Å²) >= 11 is 1.39. The third-order valence-corrected chi connectivity index (χ3v) is 5.45. The summed E-state index contributed by atoms with van der Waals surface area (Å²) in [5.41, 5.74) is 1.40. The lowest BCUT2D eigenvalue weighted by Gasteiger charge is -2.12. The van der Waals surface area contributed by atoms with Gasteiger partial charge in [-0.2, -0.15) is 10.1 Å². The van der Waals surface area contributed by atoms with Crippen LogP contribution < -0.4 is 15.6 Å². The van der Waals surface area contributed by atoms with E-state index in [0.717, 1.165) is 17.0 Å². The minimum Gasteiger partial charge on any atom is -0.326 e. The van der Waals surface area contributed by atoms with Crippen LogP contribution in [0, 0.1) is 0 Å². The van der Waals surface area contributed by atoms with Gasteiger partial charge in [0.05, 0.1) is 17.4 Å². The van der Waals surface area contributed by atoms with Crippen molar-refractivity contribution in [3.63, 3.8) is 0 Å². The zero-order chi connectivity index (χ0) is 21.5. The van der Waals surface area contributed by atoms with Crippen molar-refractivity contribution in [1.29, 1.82) is 0 Å². The van der Waals surface area contributed by atoms with Gasteiger partial charge in [0, 0.05) is 17.0 Å². The summed E-state index contributed by atoms with van der Waals surface area (Å²) in [5.74, 6) is -0.0725. The number of carbonyl (C=O) groups is 3. The van der Waals surface area contributed by atoms with Crippen LogP contribution in [0.15, 0.2) is 64.6 Å². The Morgan fingerprint density at radius 3 is 2.47 bits per heavy atom. The summed E-state index contributed by atoms with van der Waals surface area (Å²) in [6.07, 6.45) is 1.35. The number of hydrogen-bond donors (Lipinski definition) is 2. The topological polar surface area (TPSA) is 90.9 Å². The first-order valence-corrected chi connectivity index (χ1v) is 10.7. The Morgan fingerprint density at radius 2 is 1.80 bits per heavy atom. The highest BCUT2D eigenvalue weighted by atomic mass is 32.2. The van der Waals surface area contributed by atoms with Crippen molar-refractivity contribution < 1.29 is 14.4 Å². The van der Waals surface area contributed by atoms with Gasteiger partial charge >= 0.3 is 0 Å². The fraction of sp³-hybridized carbons (Fsp3) is 0.273. The molecular formula is C22H24N4O3S. The molecule has 1 aliphatic rings. The third-order valence-electron chi connectivity index (χ3n) is 4.34. The van der Waals surface area contributed by atoms with Crippen LogP contribution in [0.3, 0.4) is 0 Å². The van der Waals surface area contributed by atoms with Gasteiger partial charge in [0.15, 0.2) is 0 Å². The number of nitrogens with zero attached hydrogens (tertiary/aromatic N) is 2. The van der Waals surface area contributed by atoms with E-state index in [9.17, 15) is 14.4 Å². The summed E-state index contributed by atoms with van der Waals surface area (Å²) in [7, 11) is 0.